The van der Waals surface area contributed by atoms with E-state index in [4.69, 9.17) is 9.47 Å². The maximum absolute atomic E-state index is 12.7. The summed E-state index contributed by atoms with van der Waals surface area (Å²) in [6.45, 7) is 4.95. The fourth-order valence-corrected chi connectivity index (χ4v) is 3.24. The number of amides is 1. The molecule has 0 radical (unpaired) electrons. The number of rotatable bonds is 7. The minimum absolute atomic E-state index is 0.0116. The van der Waals surface area contributed by atoms with Crippen LogP contribution >= 0.6 is 0 Å². The van der Waals surface area contributed by atoms with Crippen molar-refractivity contribution in [3.8, 4) is 11.5 Å². The second-order valence-corrected chi connectivity index (χ2v) is 6.33. The first-order valence-corrected chi connectivity index (χ1v) is 8.84. The number of allylic oxidation sites excluding steroid dienone is 1. The Labute approximate surface area is 154 Å². The van der Waals surface area contributed by atoms with Gasteiger partial charge in [0.2, 0.25) is 0 Å². The number of carbonyl (C=O) groups is 1. The third kappa shape index (κ3) is 4.04. The molecule has 1 fully saturated rings. The summed E-state index contributed by atoms with van der Waals surface area (Å²) in [4.78, 5) is 18.6. The van der Waals surface area contributed by atoms with Gasteiger partial charge in [-0.1, -0.05) is 12.1 Å². The van der Waals surface area contributed by atoms with E-state index in [9.17, 15) is 4.79 Å². The molecule has 1 atom stereocenters. The number of hydrogen-bond donors (Lipinski definition) is 0. The molecular formula is C21H24N2O3. The minimum atomic E-state index is 0.0116. The van der Waals surface area contributed by atoms with E-state index in [1.807, 2.05) is 29.2 Å². The number of carbonyl (C=O) groups excluding carboxylic acids is 1. The van der Waals surface area contributed by atoms with E-state index in [0.29, 0.717) is 23.7 Å². The topological polar surface area (TPSA) is 51.7 Å². The number of nitrogens with zero attached hydrogens (tertiary/aromatic N) is 2. The van der Waals surface area contributed by atoms with E-state index in [0.717, 1.165) is 31.4 Å². The third-order valence-electron chi connectivity index (χ3n) is 4.59. The highest BCUT2D eigenvalue weighted by atomic mass is 16.5. The van der Waals surface area contributed by atoms with Crippen molar-refractivity contribution in [3.63, 3.8) is 0 Å². The molecule has 0 aliphatic carbocycles. The Morgan fingerprint density at radius 2 is 2.27 bits per heavy atom. The molecule has 1 aromatic heterocycles. The standard InChI is InChI=1S/C21H24N2O3/c1-3-6-16-9-10-19(20(13-16)25-2)26-15-18-8-5-12-23(18)21(24)17-7-4-11-22-14-17/h3-4,7,9-11,13-14,18H,1,5-6,8,12,15H2,2H3. The molecule has 0 saturated carbocycles. The summed E-state index contributed by atoms with van der Waals surface area (Å²) >= 11 is 0. The Morgan fingerprint density at radius 1 is 1.38 bits per heavy atom. The van der Waals surface area contributed by atoms with Crippen LogP contribution in [0.5, 0.6) is 11.5 Å². The zero-order valence-electron chi connectivity index (χ0n) is 15.1. The molecule has 2 aromatic rings. The van der Waals surface area contributed by atoms with Crippen LogP contribution in [0.15, 0.2) is 55.4 Å². The largest absolute Gasteiger partial charge is 0.493 e. The van der Waals surface area contributed by atoms with Crippen molar-refractivity contribution in [1.29, 1.82) is 0 Å². The molecule has 5 nitrogen and oxygen atoms in total. The summed E-state index contributed by atoms with van der Waals surface area (Å²) in [5.41, 5.74) is 1.74. The molecule has 1 aromatic carbocycles. The van der Waals surface area contributed by atoms with E-state index in [1.54, 1.807) is 31.6 Å². The number of pyridine rings is 1. The van der Waals surface area contributed by atoms with Crippen molar-refractivity contribution in [2.75, 3.05) is 20.3 Å². The summed E-state index contributed by atoms with van der Waals surface area (Å²) in [6.07, 6.45) is 7.84. The summed E-state index contributed by atoms with van der Waals surface area (Å²) in [7, 11) is 1.63. The Balaban J connectivity index is 1.67. The lowest BCUT2D eigenvalue weighted by Gasteiger charge is -2.25. The smallest absolute Gasteiger partial charge is 0.255 e. The molecule has 5 heteroatoms. The first kappa shape index (κ1) is 18.0. The molecule has 1 saturated heterocycles. The van der Waals surface area contributed by atoms with Crippen LogP contribution in [0.25, 0.3) is 0 Å². The first-order valence-electron chi connectivity index (χ1n) is 8.84. The van der Waals surface area contributed by atoms with Crippen LogP contribution in [0.4, 0.5) is 0 Å². The van der Waals surface area contributed by atoms with E-state index >= 15 is 0 Å². The monoisotopic (exact) mass is 352 g/mol. The van der Waals surface area contributed by atoms with Gasteiger partial charge in [0.1, 0.15) is 6.61 Å². The molecule has 1 amide bonds. The average Bonchev–Trinajstić information content (AvgIpc) is 3.15. The van der Waals surface area contributed by atoms with Gasteiger partial charge in [-0.2, -0.15) is 0 Å². The zero-order valence-corrected chi connectivity index (χ0v) is 15.1. The SMILES string of the molecule is C=CCc1ccc(OCC2CCCN2C(=O)c2cccnc2)c(OC)c1. The Bertz CT molecular complexity index is 761. The lowest BCUT2D eigenvalue weighted by atomic mass is 10.1. The molecule has 3 rings (SSSR count). The Kier molecular flexibility index (Phi) is 5.89. The van der Waals surface area contributed by atoms with E-state index in [1.165, 1.54) is 0 Å². The van der Waals surface area contributed by atoms with Crippen LogP contribution in [-0.2, 0) is 6.42 Å². The van der Waals surface area contributed by atoms with Crippen LogP contribution in [0.3, 0.4) is 0 Å². The molecule has 0 N–H and O–H groups in total. The maximum atomic E-state index is 12.7. The normalized spacial score (nSPS) is 16.3. The molecular weight excluding hydrogens is 328 g/mol. The number of aromatic nitrogens is 1. The van der Waals surface area contributed by atoms with E-state index < -0.39 is 0 Å². The van der Waals surface area contributed by atoms with Crippen molar-refractivity contribution >= 4 is 5.91 Å². The highest BCUT2D eigenvalue weighted by molar-refractivity contribution is 5.94. The van der Waals surface area contributed by atoms with Gasteiger partial charge in [-0.3, -0.25) is 9.78 Å². The minimum Gasteiger partial charge on any atom is -0.493 e. The number of ether oxygens (including phenoxy) is 2. The average molecular weight is 352 g/mol. The van der Waals surface area contributed by atoms with Gasteiger partial charge in [0.25, 0.3) is 5.91 Å². The van der Waals surface area contributed by atoms with Gasteiger partial charge in [0, 0.05) is 18.9 Å². The number of hydrogen-bond acceptors (Lipinski definition) is 4. The van der Waals surface area contributed by atoms with Crippen molar-refractivity contribution in [2.24, 2.45) is 0 Å². The quantitative estimate of drug-likeness (QED) is 0.716. The van der Waals surface area contributed by atoms with Crippen LogP contribution in [0, 0.1) is 0 Å². The summed E-state index contributed by atoms with van der Waals surface area (Å²) < 4.78 is 11.4. The van der Waals surface area contributed by atoms with Crippen molar-refractivity contribution < 1.29 is 14.3 Å². The molecule has 1 unspecified atom stereocenters. The molecule has 136 valence electrons. The molecule has 26 heavy (non-hydrogen) atoms. The number of likely N-dealkylation sites (tertiary alicyclic amines) is 1. The first-order chi connectivity index (χ1) is 12.7. The van der Waals surface area contributed by atoms with Crippen LogP contribution < -0.4 is 9.47 Å². The highest BCUT2D eigenvalue weighted by Crippen LogP contribution is 2.30. The van der Waals surface area contributed by atoms with Gasteiger partial charge in [0.15, 0.2) is 11.5 Å². The number of methoxy groups -OCH3 is 1. The Morgan fingerprint density at radius 3 is 3.00 bits per heavy atom. The summed E-state index contributed by atoms with van der Waals surface area (Å²) in [5.74, 6) is 1.41. The van der Waals surface area contributed by atoms with Crippen LogP contribution in [0.2, 0.25) is 0 Å². The highest BCUT2D eigenvalue weighted by Gasteiger charge is 2.30. The second-order valence-electron chi connectivity index (χ2n) is 6.33. The molecule has 0 bridgehead atoms. The van der Waals surface area contributed by atoms with Gasteiger partial charge >= 0.3 is 0 Å². The summed E-state index contributed by atoms with van der Waals surface area (Å²) in [5, 5.41) is 0. The molecule has 1 aliphatic heterocycles. The fourth-order valence-electron chi connectivity index (χ4n) is 3.24. The van der Waals surface area contributed by atoms with Gasteiger partial charge in [-0.25, -0.2) is 0 Å². The third-order valence-corrected chi connectivity index (χ3v) is 4.59. The van der Waals surface area contributed by atoms with Gasteiger partial charge < -0.3 is 14.4 Å². The van der Waals surface area contributed by atoms with Gasteiger partial charge in [0.05, 0.1) is 18.7 Å². The Hall–Kier alpha value is -2.82. The summed E-state index contributed by atoms with van der Waals surface area (Å²) in [6, 6.07) is 9.52. The maximum Gasteiger partial charge on any atom is 0.255 e. The predicted molar refractivity (Wildman–Crippen MR) is 101 cm³/mol. The van der Waals surface area contributed by atoms with Crippen molar-refractivity contribution in [3.05, 3.63) is 66.5 Å². The molecule has 1 aliphatic rings. The van der Waals surface area contributed by atoms with Crippen molar-refractivity contribution in [2.45, 2.75) is 25.3 Å². The van der Waals surface area contributed by atoms with E-state index in [2.05, 4.69) is 11.6 Å². The van der Waals surface area contributed by atoms with Crippen LogP contribution in [0.1, 0.15) is 28.8 Å². The number of benzene rings is 1. The lowest BCUT2D eigenvalue weighted by Crippen LogP contribution is -2.39. The molecule has 2 heterocycles. The molecule has 0 spiro atoms. The zero-order chi connectivity index (χ0) is 18.4. The fraction of sp³-hybridized carbons (Fsp3) is 0.333. The van der Waals surface area contributed by atoms with Gasteiger partial charge in [-0.05, 0) is 49.1 Å². The van der Waals surface area contributed by atoms with Gasteiger partial charge in [-0.15, -0.1) is 6.58 Å². The van der Waals surface area contributed by atoms with Crippen molar-refractivity contribution in [1.82, 2.24) is 9.88 Å². The second kappa shape index (κ2) is 8.52. The predicted octanol–water partition coefficient (Wildman–Crippen LogP) is 3.50. The lowest BCUT2D eigenvalue weighted by molar-refractivity contribution is 0.0690. The van der Waals surface area contributed by atoms with E-state index in [-0.39, 0.29) is 11.9 Å². The van der Waals surface area contributed by atoms with Crippen LogP contribution in [-0.4, -0.2) is 42.1 Å².